The molecule has 0 unspecified atom stereocenters. The molecular formula is C12H13BrO3. The van der Waals surface area contributed by atoms with Crippen LogP contribution in [-0.2, 0) is 4.79 Å². The van der Waals surface area contributed by atoms with E-state index in [1.54, 1.807) is 12.1 Å². The van der Waals surface area contributed by atoms with Gasteiger partial charge in [0.1, 0.15) is 0 Å². The van der Waals surface area contributed by atoms with E-state index in [2.05, 4.69) is 15.9 Å². The van der Waals surface area contributed by atoms with Crippen molar-refractivity contribution in [2.24, 2.45) is 5.92 Å². The van der Waals surface area contributed by atoms with Gasteiger partial charge in [-0.25, -0.2) is 0 Å². The molecule has 86 valence electrons. The second-order valence-corrected chi connectivity index (χ2v) is 4.64. The minimum Gasteiger partial charge on any atom is -0.490 e. The summed E-state index contributed by atoms with van der Waals surface area (Å²) in [7, 11) is 0. The fraction of sp³-hybridized carbons (Fsp3) is 0.417. The molecule has 4 heteroatoms. The highest BCUT2D eigenvalue weighted by molar-refractivity contribution is 9.10. The van der Waals surface area contributed by atoms with Crippen LogP contribution in [0.15, 0.2) is 22.7 Å². The van der Waals surface area contributed by atoms with E-state index < -0.39 is 0 Å². The van der Waals surface area contributed by atoms with Crippen LogP contribution in [0.1, 0.15) is 19.8 Å². The van der Waals surface area contributed by atoms with Crippen LogP contribution in [-0.4, -0.2) is 12.6 Å². The number of rotatable bonds is 4. The molecular weight excluding hydrogens is 272 g/mol. The van der Waals surface area contributed by atoms with Gasteiger partial charge in [-0.2, -0.15) is 0 Å². The van der Waals surface area contributed by atoms with Crippen LogP contribution < -0.4 is 9.47 Å². The summed E-state index contributed by atoms with van der Waals surface area (Å²) < 4.78 is 11.6. The number of halogens is 1. The Hall–Kier alpha value is -1.03. The lowest BCUT2D eigenvalue weighted by atomic mass is 10.3. The summed E-state index contributed by atoms with van der Waals surface area (Å²) in [4.78, 5) is 11.5. The molecule has 1 fully saturated rings. The van der Waals surface area contributed by atoms with Crippen LogP contribution in [0.4, 0.5) is 0 Å². The molecule has 0 aromatic heterocycles. The molecule has 1 aromatic carbocycles. The van der Waals surface area contributed by atoms with Gasteiger partial charge in [-0.05, 0) is 38.0 Å². The molecule has 3 nitrogen and oxygen atoms in total. The number of carbonyl (C=O) groups is 1. The monoisotopic (exact) mass is 284 g/mol. The van der Waals surface area contributed by atoms with Gasteiger partial charge < -0.3 is 9.47 Å². The van der Waals surface area contributed by atoms with E-state index in [0.29, 0.717) is 18.1 Å². The Morgan fingerprint density at radius 1 is 1.44 bits per heavy atom. The van der Waals surface area contributed by atoms with Crippen molar-refractivity contribution in [1.29, 1.82) is 0 Å². The summed E-state index contributed by atoms with van der Waals surface area (Å²) in [5, 5.41) is 0. The second kappa shape index (κ2) is 4.87. The van der Waals surface area contributed by atoms with E-state index in [9.17, 15) is 4.79 Å². The van der Waals surface area contributed by atoms with E-state index in [0.717, 1.165) is 17.3 Å². The van der Waals surface area contributed by atoms with Crippen molar-refractivity contribution in [3.05, 3.63) is 22.7 Å². The summed E-state index contributed by atoms with van der Waals surface area (Å²) in [6.07, 6.45) is 1.89. The molecule has 1 aliphatic rings. The average Bonchev–Trinajstić information content (AvgIpc) is 3.06. The number of esters is 1. The van der Waals surface area contributed by atoms with Gasteiger partial charge in [0.25, 0.3) is 0 Å². The van der Waals surface area contributed by atoms with Crippen LogP contribution in [0.2, 0.25) is 0 Å². The van der Waals surface area contributed by atoms with Gasteiger partial charge in [-0.1, -0.05) is 15.9 Å². The molecule has 0 amide bonds. The van der Waals surface area contributed by atoms with Crippen LogP contribution >= 0.6 is 15.9 Å². The Kier molecular flexibility index (Phi) is 3.49. The number of hydrogen-bond donors (Lipinski definition) is 0. The zero-order chi connectivity index (χ0) is 11.5. The SMILES string of the molecule is CCOc1cc(Br)ccc1OC(=O)C1CC1. The van der Waals surface area contributed by atoms with Gasteiger partial charge in [0.15, 0.2) is 11.5 Å². The topological polar surface area (TPSA) is 35.5 Å². The predicted molar refractivity (Wildman–Crippen MR) is 63.7 cm³/mol. The molecule has 1 saturated carbocycles. The molecule has 0 heterocycles. The summed E-state index contributed by atoms with van der Waals surface area (Å²) in [5.74, 6) is 1.05. The van der Waals surface area contributed by atoms with Gasteiger partial charge in [0.05, 0.1) is 12.5 Å². The second-order valence-electron chi connectivity index (χ2n) is 3.72. The van der Waals surface area contributed by atoms with Crippen LogP contribution in [0, 0.1) is 5.92 Å². The van der Waals surface area contributed by atoms with E-state index in [-0.39, 0.29) is 11.9 Å². The normalized spacial score (nSPS) is 14.6. The van der Waals surface area contributed by atoms with Crippen LogP contribution in [0.3, 0.4) is 0 Å². The molecule has 1 aromatic rings. The van der Waals surface area contributed by atoms with E-state index in [4.69, 9.17) is 9.47 Å². The minimum absolute atomic E-state index is 0.0955. The summed E-state index contributed by atoms with van der Waals surface area (Å²) >= 11 is 3.35. The van der Waals surface area contributed by atoms with Crippen molar-refractivity contribution in [2.45, 2.75) is 19.8 Å². The van der Waals surface area contributed by atoms with E-state index in [1.165, 1.54) is 0 Å². The van der Waals surface area contributed by atoms with Crippen molar-refractivity contribution < 1.29 is 14.3 Å². The van der Waals surface area contributed by atoms with Gasteiger partial charge >= 0.3 is 5.97 Å². The van der Waals surface area contributed by atoms with Crippen molar-refractivity contribution in [3.8, 4) is 11.5 Å². The molecule has 0 radical (unpaired) electrons. The van der Waals surface area contributed by atoms with Gasteiger partial charge in [-0.3, -0.25) is 4.79 Å². The Bertz CT molecular complexity index is 399. The van der Waals surface area contributed by atoms with Gasteiger partial charge in [-0.15, -0.1) is 0 Å². The largest absolute Gasteiger partial charge is 0.490 e. The zero-order valence-corrected chi connectivity index (χ0v) is 10.6. The molecule has 0 bridgehead atoms. The zero-order valence-electron chi connectivity index (χ0n) is 9.03. The predicted octanol–water partition coefficient (Wildman–Crippen LogP) is 3.16. The molecule has 2 rings (SSSR count). The lowest BCUT2D eigenvalue weighted by Gasteiger charge is -2.10. The van der Waals surface area contributed by atoms with E-state index in [1.807, 2.05) is 13.0 Å². The fourth-order valence-electron chi connectivity index (χ4n) is 1.35. The number of hydrogen-bond acceptors (Lipinski definition) is 3. The molecule has 16 heavy (non-hydrogen) atoms. The quantitative estimate of drug-likeness (QED) is 0.629. The Morgan fingerprint density at radius 3 is 2.81 bits per heavy atom. The number of carbonyl (C=O) groups excluding carboxylic acids is 1. The van der Waals surface area contributed by atoms with Crippen LogP contribution in [0.25, 0.3) is 0 Å². The Balaban J connectivity index is 2.14. The summed E-state index contributed by atoms with van der Waals surface area (Å²) in [6.45, 7) is 2.44. The number of benzene rings is 1. The third-order valence-electron chi connectivity index (χ3n) is 2.33. The molecule has 0 atom stereocenters. The molecule has 1 aliphatic carbocycles. The highest BCUT2D eigenvalue weighted by atomic mass is 79.9. The van der Waals surface area contributed by atoms with Crippen LogP contribution in [0.5, 0.6) is 11.5 Å². The Morgan fingerprint density at radius 2 is 2.19 bits per heavy atom. The molecule has 0 spiro atoms. The van der Waals surface area contributed by atoms with Gasteiger partial charge in [0.2, 0.25) is 0 Å². The summed E-state index contributed by atoms with van der Waals surface area (Å²) in [6, 6.07) is 5.38. The first kappa shape index (κ1) is 11.5. The maximum atomic E-state index is 11.5. The third kappa shape index (κ3) is 2.76. The first-order chi connectivity index (χ1) is 7.70. The first-order valence-electron chi connectivity index (χ1n) is 5.34. The maximum absolute atomic E-state index is 11.5. The first-order valence-corrected chi connectivity index (χ1v) is 6.14. The fourth-order valence-corrected chi connectivity index (χ4v) is 1.69. The molecule has 0 aliphatic heterocycles. The summed E-state index contributed by atoms with van der Waals surface area (Å²) in [5.41, 5.74) is 0. The third-order valence-corrected chi connectivity index (χ3v) is 2.82. The van der Waals surface area contributed by atoms with E-state index >= 15 is 0 Å². The highest BCUT2D eigenvalue weighted by Crippen LogP contribution is 2.35. The average molecular weight is 285 g/mol. The minimum atomic E-state index is -0.150. The van der Waals surface area contributed by atoms with Crippen molar-refractivity contribution in [3.63, 3.8) is 0 Å². The van der Waals surface area contributed by atoms with Crippen molar-refractivity contribution in [1.82, 2.24) is 0 Å². The maximum Gasteiger partial charge on any atom is 0.314 e. The molecule has 0 N–H and O–H groups in total. The standard InChI is InChI=1S/C12H13BrO3/c1-2-15-11-7-9(13)5-6-10(11)16-12(14)8-3-4-8/h5-8H,2-4H2,1H3. The highest BCUT2D eigenvalue weighted by Gasteiger charge is 2.32. The number of ether oxygens (including phenoxy) is 2. The lowest BCUT2D eigenvalue weighted by Crippen LogP contribution is -2.10. The van der Waals surface area contributed by atoms with Crippen molar-refractivity contribution >= 4 is 21.9 Å². The molecule has 0 saturated heterocycles. The van der Waals surface area contributed by atoms with Crippen molar-refractivity contribution in [2.75, 3.05) is 6.61 Å². The smallest absolute Gasteiger partial charge is 0.314 e. The lowest BCUT2D eigenvalue weighted by molar-refractivity contribution is -0.135. The van der Waals surface area contributed by atoms with Gasteiger partial charge in [0, 0.05) is 4.47 Å². The Labute approximate surface area is 103 Å².